The minimum Gasteiger partial charge on any atom is -0.368 e. The Morgan fingerprint density at radius 3 is 2.42 bits per heavy atom. The number of aromatic nitrogens is 3. The molecule has 2 heterocycles. The van der Waals surface area contributed by atoms with Gasteiger partial charge in [0.1, 0.15) is 12.1 Å². The molecular weight excluding hydrogens is 396 g/mol. The van der Waals surface area contributed by atoms with Crippen LogP contribution < -0.4 is 15.8 Å². The van der Waals surface area contributed by atoms with Crippen molar-refractivity contribution >= 4 is 28.4 Å². The quantitative estimate of drug-likeness (QED) is 0.628. The predicted molar refractivity (Wildman–Crippen MR) is 117 cm³/mol. The van der Waals surface area contributed by atoms with Crippen molar-refractivity contribution in [2.24, 2.45) is 0 Å². The summed E-state index contributed by atoms with van der Waals surface area (Å²) in [4.78, 5) is 41.1. The summed E-state index contributed by atoms with van der Waals surface area (Å²) in [5.41, 5.74) is 1.28. The second-order valence-corrected chi connectivity index (χ2v) is 7.37. The Morgan fingerprint density at radius 2 is 1.65 bits per heavy atom. The highest BCUT2D eigenvalue weighted by Gasteiger charge is 2.21. The van der Waals surface area contributed by atoms with Gasteiger partial charge < -0.3 is 15.1 Å². The first-order valence-electron chi connectivity index (χ1n) is 10.3. The Kier molecular flexibility index (Phi) is 6.21. The van der Waals surface area contributed by atoms with Crippen LogP contribution in [-0.4, -0.2) is 64.4 Å². The molecule has 1 aliphatic rings. The number of nitrogens with one attached hydrogen (secondary N) is 1. The molecule has 3 aromatic rings. The van der Waals surface area contributed by atoms with E-state index in [0.29, 0.717) is 24.0 Å². The number of amides is 2. The number of piperazine rings is 1. The highest BCUT2D eigenvalue weighted by Crippen LogP contribution is 2.15. The van der Waals surface area contributed by atoms with Crippen LogP contribution in [0, 0.1) is 0 Å². The van der Waals surface area contributed by atoms with Gasteiger partial charge in [-0.2, -0.15) is 0 Å². The molecule has 1 N–H and O–H groups in total. The third-order valence-corrected chi connectivity index (χ3v) is 5.34. The zero-order chi connectivity index (χ0) is 21.6. The minimum atomic E-state index is -0.381. The number of rotatable bonds is 6. The van der Waals surface area contributed by atoms with Crippen LogP contribution in [0.5, 0.6) is 0 Å². The molecule has 2 aromatic carbocycles. The number of nitrogens with zero attached hydrogens (tertiary/aromatic N) is 5. The van der Waals surface area contributed by atoms with Gasteiger partial charge in [0.25, 0.3) is 5.56 Å². The molecule has 0 spiro atoms. The molecule has 4 rings (SSSR count). The van der Waals surface area contributed by atoms with Crippen molar-refractivity contribution < 1.29 is 9.59 Å². The van der Waals surface area contributed by atoms with Crippen molar-refractivity contribution in [1.82, 2.24) is 25.2 Å². The summed E-state index contributed by atoms with van der Waals surface area (Å²) in [5.74, 6) is -0.371. The zero-order valence-corrected chi connectivity index (χ0v) is 17.1. The Hall–Kier alpha value is -3.75. The molecule has 0 saturated carbocycles. The number of para-hydroxylation sites is 1. The molecule has 0 aliphatic carbocycles. The fraction of sp³-hybridized carbons (Fsp3) is 0.318. The largest absolute Gasteiger partial charge is 0.368 e. The first kappa shape index (κ1) is 20.5. The first-order valence-corrected chi connectivity index (χ1v) is 10.3. The minimum absolute atomic E-state index is 0.00988. The van der Waals surface area contributed by atoms with E-state index in [4.69, 9.17) is 0 Å². The van der Waals surface area contributed by atoms with Crippen LogP contribution in [0.25, 0.3) is 10.9 Å². The second-order valence-electron chi connectivity index (χ2n) is 7.37. The smallest absolute Gasteiger partial charge is 0.278 e. The molecule has 31 heavy (non-hydrogen) atoms. The Labute approximate surface area is 179 Å². The molecule has 1 fully saturated rings. The van der Waals surface area contributed by atoms with Crippen molar-refractivity contribution in [3.8, 4) is 0 Å². The van der Waals surface area contributed by atoms with Crippen molar-refractivity contribution in [2.75, 3.05) is 37.6 Å². The van der Waals surface area contributed by atoms with Gasteiger partial charge in [0.15, 0.2) is 0 Å². The number of anilines is 1. The van der Waals surface area contributed by atoms with Crippen LogP contribution in [0.15, 0.2) is 59.4 Å². The number of benzene rings is 2. The molecule has 9 nitrogen and oxygen atoms in total. The average molecular weight is 420 g/mol. The fourth-order valence-corrected chi connectivity index (χ4v) is 3.64. The second kappa shape index (κ2) is 9.38. The van der Waals surface area contributed by atoms with Crippen LogP contribution in [0.1, 0.15) is 6.42 Å². The summed E-state index contributed by atoms with van der Waals surface area (Å²) in [7, 11) is 0. The number of carbonyl (C=O) groups is 2. The fourth-order valence-electron chi connectivity index (χ4n) is 3.64. The Bertz CT molecular complexity index is 1120. The molecule has 0 bridgehead atoms. The third-order valence-electron chi connectivity index (χ3n) is 5.34. The van der Waals surface area contributed by atoms with Crippen LogP contribution >= 0.6 is 0 Å². The van der Waals surface area contributed by atoms with Gasteiger partial charge >= 0.3 is 0 Å². The topological polar surface area (TPSA) is 100 Å². The molecule has 1 aliphatic heterocycles. The van der Waals surface area contributed by atoms with Crippen molar-refractivity contribution in [3.63, 3.8) is 0 Å². The molecule has 0 atom stereocenters. The lowest BCUT2D eigenvalue weighted by Crippen LogP contribution is -2.49. The van der Waals surface area contributed by atoms with E-state index in [1.807, 2.05) is 23.1 Å². The normalized spacial score (nSPS) is 13.9. The van der Waals surface area contributed by atoms with Gasteiger partial charge in [0, 0.05) is 44.8 Å². The zero-order valence-electron chi connectivity index (χ0n) is 17.1. The molecule has 2 amide bonds. The first-order chi connectivity index (χ1) is 15.1. The van der Waals surface area contributed by atoms with Crippen LogP contribution in [0.4, 0.5) is 5.69 Å². The molecule has 9 heteroatoms. The lowest BCUT2D eigenvalue weighted by Gasteiger charge is -2.36. The van der Waals surface area contributed by atoms with Crippen molar-refractivity contribution in [2.45, 2.75) is 13.0 Å². The predicted octanol–water partition coefficient (Wildman–Crippen LogP) is 0.647. The lowest BCUT2D eigenvalue weighted by molar-refractivity contribution is -0.131. The maximum absolute atomic E-state index is 12.5. The molecule has 1 aromatic heterocycles. The summed E-state index contributed by atoms with van der Waals surface area (Å²) >= 11 is 0. The van der Waals surface area contributed by atoms with E-state index < -0.39 is 0 Å². The number of fused-ring (bicyclic) bond motifs is 1. The van der Waals surface area contributed by atoms with E-state index in [9.17, 15) is 14.4 Å². The van der Waals surface area contributed by atoms with Gasteiger partial charge in [-0.05, 0) is 24.3 Å². The van der Waals surface area contributed by atoms with Gasteiger partial charge in [0.2, 0.25) is 11.8 Å². The summed E-state index contributed by atoms with van der Waals surface area (Å²) in [5, 5.41) is 10.9. The van der Waals surface area contributed by atoms with Crippen molar-refractivity contribution in [1.29, 1.82) is 0 Å². The maximum atomic E-state index is 12.5. The van der Waals surface area contributed by atoms with Gasteiger partial charge in [0.05, 0.1) is 5.39 Å². The van der Waals surface area contributed by atoms with E-state index in [2.05, 4.69) is 32.7 Å². The molecule has 0 unspecified atom stereocenters. The Balaban J connectivity index is 1.22. The van der Waals surface area contributed by atoms with Gasteiger partial charge in [-0.15, -0.1) is 5.10 Å². The molecule has 0 radical (unpaired) electrons. The molecule has 1 saturated heterocycles. The Morgan fingerprint density at radius 1 is 0.935 bits per heavy atom. The van der Waals surface area contributed by atoms with E-state index in [1.54, 1.807) is 24.3 Å². The monoisotopic (exact) mass is 420 g/mol. The lowest BCUT2D eigenvalue weighted by atomic mass is 10.2. The van der Waals surface area contributed by atoms with Gasteiger partial charge in [-0.25, -0.2) is 4.68 Å². The molecular formula is C22H24N6O3. The average Bonchev–Trinajstić information content (AvgIpc) is 2.82. The maximum Gasteiger partial charge on any atom is 0.278 e. The van der Waals surface area contributed by atoms with Gasteiger partial charge in [-0.3, -0.25) is 14.4 Å². The summed E-state index contributed by atoms with van der Waals surface area (Å²) in [6.45, 7) is 2.86. The van der Waals surface area contributed by atoms with Crippen LogP contribution in [0.3, 0.4) is 0 Å². The summed E-state index contributed by atoms with van der Waals surface area (Å²) in [6, 6.07) is 17.0. The van der Waals surface area contributed by atoms with Gasteiger partial charge in [-0.1, -0.05) is 35.5 Å². The third kappa shape index (κ3) is 4.88. The highest BCUT2D eigenvalue weighted by atomic mass is 16.2. The number of hydrogen-bond donors (Lipinski definition) is 1. The highest BCUT2D eigenvalue weighted by molar-refractivity contribution is 5.80. The SMILES string of the molecule is O=C(Cn1nnc2ccccc2c1=O)NCCC(=O)N1CCN(c2ccccc2)CC1. The van der Waals surface area contributed by atoms with Crippen molar-refractivity contribution in [3.05, 3.63) is 65.0 Å². The standard InChI is InChI=1S/C22H24N6O3/c29-20(16-28-22(31)18-8-4-5-9-19(18)24-25-28)23-11-10-21(30)27-14-12-26(13-15-27)17-6-2-1-3-7-17/h1-9H,10-16H2,(H,23,29). The number of hydrogen-bond acceptors (Lipinski definition) is 6. The summed E-state index contributed by atoms with van der Waals surface area (Å²) in [6.07, 6.45) is 0.218. The van der Waals surface area contributed by atoms with Crippen LogP contribution in [0.2, 0.25) is 0 Å². The number of carbonyl (C=O) groups excluding carboxylic acids is 2. The van der Waals surface area contributed by atoms with E-state index in [-0.39, 0.29) is 36.9 Å². The van der Waals surface area contributed by atoms with E-state index in [0.717, 1.165) is 23.5 Å². The van der Waals surface area contributed by atoms with E-state index >= 15 is 0 Å². The molecule has 160 valence electrons. The van der Waals surface area contributed by atoms with Crippen LogP contribution in [-0.2, 0) is 16.1 Å². The van der Waals surface area contributed by atoms with E-state index in [1.165, 1.54) is 0 Å². The summed E-state index contributed by atoms with van der Waals surface area (Å²) < 4.78 is 1.03.